The summed E-state index contributed by atoms with van der Waals surface area (Å²) >= 11 is 0. The highest BCUT2D eigenvalue weighted by Gasteiger charge is 2.10. The molecule has 2 rings (SSSR count). The van der Waals surface area contributed by atoms with E-state index >= 15 is 0 Å². The lowest BCUT2D eigenvalue weighted by atomic mass is 10.1. The number of imidazole rings is 1. The van der Waals surface area contributed by atoms with Gasteiger partial charge in [-0.25, -0.2) is 4.98 Å². The van der Waals surface area contributed by atoms with Gasteiger partial charge in [-0.05, 0) is 32.5 Å². The average Bonchev–Trinajstić information content (AvgIpc) is 2.84. The third-order valence-corrected chi connectivity index (χ3v) is 3.57. The second-order valence-electron chi connectivity index (χ2n) is 5.10. The molecule has 108 valence electrons. The monoisotopic (exact) mass is 273 g/mol. The van der Waals surface area contributed by atoms with Gasteiger partial charge in [0.1, 0.15) is 11.6 Å². The van der Waals surface area contributed by atoms with Crippen LogP contribution in [-0.4, -0.2) is 23.2 Å². The van der Waals surface area contributed by atoms with Gasteiger partial charge in [-0.2, -0.15) is 0 Å². The maximum absolute atomic E-state index is 5.98. The fraction of sp³-hybridized carbons (Fsp3) is 0.438. The minimum atomic E-state index is 0.277. The largest absolute Gasteiger partial charge is 0.493 e. The lowest BCUT2D eigenvalue weighted by molar-refractivity contribution is 0.311. The molecule has 0 spiro atoms. The summed E-state index contributed by atoms with van der Waals surface area (Å²) in [5, 5.41) is 3.26. The van der Waals surface area contributed by atoms with Gasteiger partial charge in [0.2, 0.25) is 0 Å². The normalized spacial score (nSPS) is 12.4. The summed E-state index contributed by atoms with van der Waals surface area (Å²) in [4.78, 5) is 4.31. The Hall–Kier alpha value is -1.81. The van der Waals surface area contributed by atoms with Crippen LogP contribution in [0, 0.1) is 6.92 Å². The number of nitrogens with zero attached hydrogens (tertiary/aromatic N) is 2. The summed E-state index contributed by atoms with van der Waals surface area (Å²) in [5.74, 6) is 2.00. The standard InChI is InChI=1S/C16H23N3O/c1-12-5-6-14(13(2)17-3)15(11-12)20-10-7-16-18-8-9-19(16)4/h5-6,8-9,11,13,17H,7,10H2,1-4H3. The van der Waals surface area contributed by atoms with E-state index in [2.05, 4.69) is 42.3 Å². The molecule has 0 aliphatic heterocycles. The van der Waals surface area contributed by atoms with Gasteiger partial charge in [0.05, 0.1) is 6.61 Å². The molecule has 0 bridgehead atoms. The molecule has 4 nitrogen and oxygen atoms in total. The zero-order valence-corrected chi connectivity index (χ0v) is 12.7. The molecule has 1 aromatic carbocycles. The van der Waals surface area contributed by atoms with Crippen LogP contribution in [0.15, 0.2) is 30.6 Å². The molecule has 1 N–H and O–H groups in total. The van der Waals surface area contributed by atoms with Crippen LogP contribution >= 0.6 is 0 Å². The van der Waals surface area contributed by atoms with Crippen molar-refractivity contribution >= 4 is 0 Å². The summed E-state index contributed by atoms with van der Waals surface area (Å²) in [6.07, 6.45) is 4.58. The van der Waals surface area contributed by atoms with E-state index in [0.717, 1.165) is 18.0 Å². The van der Waals surface area contributed by atoms with E-state index in [0.29, 0.717) is 6.61 Å². The number of benzene rings is 1. The molecule has 0 radical (unpaired) electrons. The zero-order valence-electron chi connectivity index (χ0n) is 12.7. The van der Waals surface area contributed by atoms with Crippen LogP contribution in [0.25, 0.3) is 0 Å². The molecular formula is C16H23N3O. The quantitative estimate of drug-likeness (QED) is 0.879. The summed E-state index contributed by atoms with van der Waals surface area (Å²) < 4.78 is 8.00. The van der Waals surface area contributed by atoms with Crippen molar-refractivity contribution in [2.75, 3.05) is 13.7 Å². The fourth-order valence-electron chi connectivity index (χ4n) is 2.17. The van der Waals surface area contributed by atoms with Crippen molar-refractivity contribution in [2.24, 2.45) is 7.05 Å². The van der Waals surface area contributed by atoms with Gasteiger partial charge in [-0.1, -0.05) is 12.1 Å². The first-order valence-corrected chi connectivity index (χ1v) is 6.98. The summed E-state index contributed by atoms with van der Waals surface area (Å²) in [6, 6.07) is 6.63. The molecule has 1 atom stereocenters. The molecule has 0 saturated heterocycles. The minimum Gasteiger partial charge on any atom is -0.493 e. The van der Waals surface area contributed by atoms with Crippen molar-refractivity contribution < 1.29 is 4.74 Å². The van der Waals surface area contributed by atoms with Crippen LogP contribution in [0.4, 0.5) is 0 Å². The molecule has 0 fully saturated rings. The van der Waals surface area contributed by atoms with Crippen molar-refractivity contribution in [2.45, 2.75) is 26.3 Å². The number of hydrogen-bond acceptors (Lipinski definition) is 3. The van der Waals surface area contributed by atoms with E-state index < -0.39 is 0 Å². The molecule has 20 heavy (non-hydrogen) atoms. The van der Waals surface area contributed by atoms with E-state index in [9.17, 15) is 0 Å². The topological polar surface area (TPSA) is 39.1 Å². The highest BCUT2D eigenvalue weighted by atomic mass is 16.5. The summed E-state index contributed by atoms with van der Waals surface area (Å²) in [6.45, 7) is 4.85. The van der Waals surface area contributed by atoms with Crippen LogP contribution in [-0.2, 0) is 13.5 Å². The van der Waals surface area contributed by atoms with Crippen LogP contribution in [0.1, 0.15) is 29.9 Å². The number of hydrogen-bond donors (Lipinski definition) is 1. The van der Waals surface area contributed by atoms with E-state index in [1.165, 1.54) is 11.1 Å². The van der Waals surface area contributed by atoms with Crippen LogP contribution in [0.2, 0.25) is 0 Å². The molecule has 1 heterocycles. The maximum Gasteiger partial charge on any atom is 0.124 e. The maximum atomic E-state index is 5.98. The Labute approximate surface area is 120 Å². The molecule has 0 aliphatic rings. The van der Waals surface area contributed by atoms with Gasteiger partial charge in [-0.15, -0.1) is 0 Å². The minimum absolute atomic E-state index is 0.277. The van der Waals surface area contributed by atoms with Gasteiger partial charge in [0.15, 0.2) is 0 Å². The predicted molar refractivity (Wildman–Crippen MR) is 81.1 cm³/mol. The highest BCUT2D eigenvalue weighted by molar-refractivity contribution is 5.39. The molecule has 0 saturated carbocycles. The van der Waals surface area contributed by atoms with E-state index in [-0.39, 0.29) is 6.04 Å². The van der Waals surface area contributed by atoms with Crippen molar-refractivity contribution in [1.29, 1.82) is 0 Å². The van der Waals surface area contributed by atoms with Gasteiger partial charge >= 0.3 is 0 Å². The second kappa shape index (κ2) is 6.57. The van der Waals surface area contributed by atoms with Crippen molar-refractivity contribution in [3.8, 4) is 5.75 Å². The third-order valence-electron chi connectivity index (χ3n) is 3.57. The number of aromatic nitrogens is 2. The summed E-state index contributed by atoms with van der Waals surface area (Å²) in [7, 11) is 3.96. The lowest BCUT2D eigenvalue weighted by Gasteiger charge is -2.17. The van der Waals surface area contributed by atoms with Crippen molar-refractivity contribution in [3.05, 3.63) is 47.5 Å². The Morgan fingerprint density at radius 3 is 2.85 bits per heavy atom. The number of aryl methyl sites for hydroxylation is 2. The molecular weight excluding hydrogens is 250 g/mol. The molecule has 0 amide bonds. The van der Waals surface area contributed by atoms with Gasteiger partial charge in [-0.3, -0.25) is 0 Å². The Morgan fingerprint density at radius 2 is 2.20 bits per heavy atom. The van der Waals surface area contributed by atoms with Gasteiger partial charge in [0, 0.05) is 37.5 Å². The molecule has 0 aliphatic carbocycles. The van der Waals surface area contributed by atoms with Crippen LogP contribution < -0.4 is 10.1 Å². The SMILES string of the molecule is CNC(C)c1ccc(C)cc1OCCc1nccn1C. The van der Waals surface area contributed by atoms with E-state index in [1.807, 2.05) is 31.1 Å². The molecule has 1 unspecified atom stereocenters. The van der Waals surface area contributed by atoms with Crippen LogP contribution in [0.5, 0.6) is 5.75 Å². The number of nitrogens with one attached hydrogen (secondary N) is 1. The highest BCUT2D eigenvalue weighted by Crippen LogP contribution is 2.26. The zero-order chi connectivity index (χ0) is 14.5. The van der Waals surface area contributed by atoms with E-state index in [1.54, 1.807) is 0 Å². The smallest absolute Gasteiger partial charge is 0.124 e. The average molecular weight is 273 g/mol. The molecule has 4 heteroatoms. The first kappa shape index (κ1) is 14.6. The third kappa shape index (κ3) is 3.39. The Kier molecular flexibility index (Phi) is 4.79. The first-order chi connectivity index (χ1) is 9.61. The predicted octanol–water partition coefficient (Wildman–Crippen LogP) is 2.63. The second-order valence-corrected chi connectivity index (χ2v) is 5.10. The molecule has 1 aromatic heterocycles. The molecule has 2 aromatic rings. The van der Waals surface area contributed by atoms with Gasteiger partial charge < -0.3 is 14.6 Å². The van der Waals surface area contributed by atoms with E-state index in [4.69, 9.17) is 4.74 Å². The summed E-state index contributed by atoms with van der Waals surface area (Å²) in [5.41, 5.74) is 2.40. The Balaban J connectivity index is 2.04. The van der Waals surface area contributed by atoms with Crippen molar-refractivity contribution in [3.63, 3.8) is 0 Å². The Bertz CT molecular complexity index is 563. The number of rotatable bonds is 6. The van der Waals surface area contributed by atoms with Crippen molar-refractivity contribution in [1.82, 2.24) is 14.9 Å². The lowest BCUT2D eigenvalue weighted by Crippen LogP contribution is -2.15. The fourth-order valence-corrected chi connectivity index (χ4v) is 2.17. The Morgan fingerprint density at radius 1 is 1.40 bits per heavy atom. The van der Waals surface area contributed by atoms with Crippen LogP contribution in [0.3, 0.4) is 0 Å². The number of ether oxygens (including phenoxy) is 1. The first-order valence-electron chi connectivity index (χ1n) is 6.98. The van der Waals surface area contributed by atoms with Gasteiger partial charge in [0.25, 0.3) is 0 Å².